The van der Waals surface area contributed by atoms with Crippen molar-refractivity contribution in [3.8, 4) is 11.3 Å². The number of amides is 3. The monoisotopic (exact) mass is 364 g/mol. The second-order valence-electron chi connectivity index (χ2n) is 5.24. The molecule has 128 valence electrons. The van der Waals surface area contributed by atoms with Crippen LogP contribution in [0.4, 0.5) is 9.93 Å². The van der Waals surface area contributed by atoms with Crippen LogP contribution in [-0.4, -0.2) is 35.0 Å². The first kappa shape index (κ1) is 18.3. The van der Waals surface area contributed by atoms with Gasteiger partial charge < -0.3 is 16.4 Å². The second-order valence-corrected chi connectivity index (χ2v) is 7.08. The molecule has 2 rings (SSSR count). The number of aryl methyl sites for hydroxylation is 1. The Morgan fingerprint density at radius 1 is 1.33 bits per heavy atom. The standard InChI is InChI=1S/C16H20N4O2S2/c1-10-3-5-11(6-4-10)13-9-24-16(19-13)20-14(21)12(7-8-23-2)18-15(17)22/h3-6,9,12H,7-8H2,1-2H3,(H3,17,18,22)(H,19,20,21). The highest BCUT2D eigenvalue weighted by atomic mass is 32.2. The molecule has 0 fully saturated rings. The number of hydrogen-bond donors (Lipinski definition) is 3. The van der Waals surface area contributed by atoms with Gasteiger partial charge in [0, 0.05) is 10.9 Å². The van der Waals surface area contributed by atoms with Crippen molar-refractivity contribution in [3.63, 3.8) is 0 Å². The molecule has 1 aromatic heterocycles. The van der Waals surface area contributed by atoms with Crippen LogP contribution in [0.5, 0.6) is 0 Å². The van der Waals surface area contributed by atoms with Crippen LogP contribution in [0.3, 0.4) is 0 Å². The lowest BCUT2D eigenvalue weighted by atomic mass is 10.1. The Balaban J connectivity index is 2.05. The fraction of sp³-hybridized carbons (Fsp3) is 0.312. The highest BCUT2D eigenvalue weighted by Crippen LogP contribution is 2.25. The maximum atomic E-state index is 12.3. The highest BCUT2D eigenvalue weighted by molar-refractivity contribution is 7.98. The number of hydrogen-bond acceptors (Lipinski definition) is 5. The van der Waals surface area contributed by atoms with Gasteiger partial charge >= 0.3 is 6.03 Å². The maximum absolute atomic E-state index is 12.3. The number of aromatic nitrogens is 1. The van der Waals surface area contributed by atoms with E-state index < -0.39 is 12.1 Å². The van der Waals surface area contributed by atoms with E-state index in [0.717, 1.165) is 17.0 Å². The average molecular weight is 364 g/mol. The molecule has 6 nitrogen and oxygen atoms in total. The van der Waals surface area contributed by atoms with Gasteiger partial charge in [0.05, 0.1) is 5.69 Å². The number of thiazole rings is 1. The summed E-state index contributed by atoms with van der Waals surface area (Å²) in [6.45, 7) is 2.02. The number of carbonyl (C=O) groups excluding carboxylic acids is 2. The van der Waals surface area contributed by atoms with Crippen molar-refractivity contribution in [2.24, 2.45) is 5.73 Å². The van der Waals surface area contributed by atoms with Gasteiger partial charge in [0.25, 0.3) is 0 Å². The van der Waals surface area contributed by atoms with Gasteiger partial charge in [0.15, 0.2) is 5.13 Å². The third-order valence-corrected chi connectivity index (χ3v) is 4.73. The molecule has 2 aromatic rings. The Kier molecular flexibility index (Phi) is 6.62. The fourth-order valence-corrected chi connectivity index (χ4v) is 3.25. The van der Waals surface area contributed by atoms with Gasteiger partial charge in [0.1, 0.15) is 6.04 Å². The fourth-order valence-electron chi connectivity index (χ4n) is 2.06. The van der Waals surface area contributed by atoms with Crippen LogP contribution >= 0.6 is 23.1 Å². The lowest BCUT2D eigenvalue weighted by Gasteiger charge is -2.15. The molecule has 0 aliphatic rings. The zero-order valence-corrected chi connectivity index (χ0v) is 15.2. The Labute approximate surface area is 149 Å². The summed E-state index contributed by atoms with van der Waals surface area (Å²) in [6, 6.07) is 6.64. The number of rotatable bonds is 7. The van der Waals surface area contributed by atoms with E-state index in [1.54, 1.807) is 11.8 Å². The van der Waals surface area contributed by atoms with Gasteiger partial charge in [-0.25, -0.2) is 9.78 Å². The topological polar surface area (TPSA) is 97.1 Å². The van der Waals surface area contributed by atoms with E-state index in [4.69, 9.17) is 5.73 Å². The van der Waals surface area contributed by atoms with E-state index in [2.05, 4.69) is 15.6 Å². The third-order valence-electron chi connectivity index (χ3n) is 3.33. The van der Waals surface area contributed by atoms with E-state index in [9.17, 15) is 9.59 Å². The molecule has 0 radical (unpaired) electrons. The number of thioether (sulfide) groups is 1. The molecule has 1 aromatic carbocycles. The maximum Gasteiger partial charge on any atom is 0.312 e. The van der Waals surface area contributed by atoms with Crippen LogP contribution in [0.15, 0.2) is 29.6 Å². The smallest absolute Gasteiger partial charge is 0.312 e. The molecule has 1 atom stereocenters. The largest absolute Gasteiger partial charge is 0.352 e. The van der Waals surface area contributed by atoms with E-state index >= 15 is 0 Å². The summed E-state index contributed by atoms with van der Waals surface area (Å²) in [4.78, 5) is 27.8. The Hall–Kier alpha value is -2.06. The molecule has 0 spiro atoms. The third kappa shape index (κ3) is 5.24. The number of anilines is 1. The lowest BCUT2D eigenvalue weighted by Crippen LogP contribution is -2.46. The summed E-state index contributed by atoms with van der Waals surface area (Å²) < 4.78 is 0. The predicted octanol–water partition coefficient (Wildman–Crippen LogP) is 2.85. The van der Waals surface area contributed by atoms with Gasteiger partial charge in [-0.1, -0.05) is 29.8 Å². The molecule has 4 N–H and O–H groups in total. The van der Waals surface area contributed by atoms with Crippen molar-refractivity contribution >= 4 is 40.2 Å². The summed E-state index contributed by atoms with van der Waals surface area (Å²) in [7, 11) is 0. The summed E-state index contributed by atoms with van der Waals surface area (Å²) in [5, 5.41) is 7.60. The van der Waals surface area contributed by atoms with Crippen LogP contribution in [0, 0.1) is 6.92 Å². The van der Waals surface area contributed by atoms with Crippen molar-refractivity contribution in [3.05, 3.63) is 35.2 Å². The van der Waals surface area contributed by atoms with Crippen molar-refractivity contribution < 1.29 is 9.59 Å². The van der Waals surface area contributed by atoms with Crippen molar-refractivity contribution in [2.75, 3.05) is 17.3 Å². The zero-order chi connectivity index (χ0) is 17.5. The highest BCUT2D eigenvalue weighted by Gasteiger charge is 2.20. The van der Waals surface area contributed by atoms with Gasteiger partial charge in [-0.2, -0.15) is 11.8 Å². The van der Waals surface area contributed by atoms with Gasteiger partial charge in [-0.3, -0.25) is 4.79 Å². The van der Waals surface area contributed by atoms with Crippen LogP contribution in [0.1, 0.15) is 12.0 Å². The van der Waals surface area contributed by atoms with Crippen LogP contribution in [-0.2, 0) is 4.79 Å². The van der Waals surface area contributed by atoms with E-state index in [0.29, 0.717) is 11.6 Å². The van der Waals surface area contributed by atoms with E-state index in [-0.39, 0.29) is 5.91 Å². The van der Waals surface area contributed by atoms with Crippen molar-refractivity contribution in [1.29, 1.82) is 0 Å². The molecule has 0 saturated carbocycles. The number of benzene rings is 1. The molecule has 0 bridgehead atoms. The van der Waals surface area contributed by atoms with Crippen LogP contribution in [0.2, 0.25) is 0 Å². The molecule has 1 unspecified atom stereocenters. The molecule has 1 heterocycles. The van der Waals surface area contributed by atoms with Crippen molar-refractivity contribution in [1.82, 2.24) is 10.3 Å². The Morgan fingerprint density at radius 2 is 2.04 bits per heavy atom. The number of nitrogens with zero attached hydrogens (tertiary/aromatic N) is 1. The number of primary amides is 1. The first-order valence-corrected chi connectivity index (χ1v) is 9.65. The van der Waals surface area contributed by atoms with E-state index in [1.165, 1.54) is 16.9 Å². The molecule has 24 heavy (non-hydrogen) atoms. The van der Waals surface area contributed by atoms with Crippen LogP contribution in [0.25, 0.3) is 11.3 Å². The molecule has 8 heteroatoms. The number of urea groups is 1. The normalized spacial score (nSPS) is 11.8. The van der Waals surface area contributed by atoms with Crippen molar-refractivity contribution in [2.45, 2.75) is 19.4 Å². The SMILES string of the molecule is CSCCC(NC(N)=O)C(=O)Nc1nc(-c2ccc(C)cc2)cs1. The summed E-state index contributed by atoms with van der Waals surface area (Å²) in [5.74, 6) is 0.429. The Morgan fingerprint density at radius 3 is 2.67 bits per heavy atom. The predicted molar refractivity (Wildman–Crippen MR) is 100 cm³/mol. The summed E-state index contributed by atoms with van der Waals surface area (Å²) >= 11 is 2.94. The number of nitrogens with two attached hydrogens (primary N) is 1. The molecular weight excluding hydrogens is 344 g/mol. The minimum Gasteiger partial charge on any atom is -0.352 e. The van der Waals surface area contributed by atoms with Gasteiger partial charge in [-0.15, -0.1) is 11.3 Å². The molecule has 0 aliphatic heterocycles. The number of nitrogens with one attached hydrogen (secondary N) is 2. The van der Waals surface area contributed by atoms with Gasteiger partial charge in [-0.05, 0) is 25.4 Å². The molecule has 3 amide bonds. The zero-order valence-electron chi connectivity index (χ0n) is 13.5. The molecule has 0 aliphatic carbocycles. The summed E-state index contributed by atoms with van der Waals surface area (Å²) in [6.07, 6.45) is 2.44. The summed E-state index contributed by atoms with van der Waals surface area (Å²) in [5.41, 5.74) is 8.11. The first-order valence-electron chi connectivity index (χ1n) is 7.38. The number of carbonyl (C=O) groups is 2. The first-order chi connectivity index (χ1) is 11.5. The van der Waals surface area contributed by atoms with Gasteiger partial charge in [0.2, 0.25) is 5.91 Å². The molecule has 0 saturated heterocycles. The minimum absolute atomic E-state index is 0.312. The second kappa shape index (κ2) is 8.70. The quantitative estimate of drug-likeness (QED) is 0.704. The van der Waals surface area contributed by atoms with Crippen LogP contribution < -0.4 is 16.4 Å². The Bertz CT molecular complexity index is 700. The minimum atomic E-state index is -0.712. The van der Waals surface area contributed by atoms with E-state index in [1.807, 2.05) is 42.8 Å². The average Bonchev–Trinajstić information content (AvgIpc) is 3.00. The lowest BCUT2D eigenvalue weighted by molar-refractivity contribution is -0.117. The molecular formula is C16H20N4O2S2.